The number of rotatable bonds is 3. The van der Waals surface area contributed by atoms with Crippen LogP contribution in [0.15, 0.2) is 18.2 Å². The van der Waals surface area contributed by atoms with Gasteiger partial charge in [0.25, 0.3) is 0 Å². The molecular weight excluding hydrogens is 308 g/mol. The van der Waals surface area contributed by atoms with Gasteiger partial charge in [0.2, 0.25) is 0 Å². The highest BCUT2D eigenvalue weighted by atomic mass is 19.3. The quantitative estimate of drug-likeness (QED) is 0.924. The first-order valence-corrected chi connectivity index (χ1v) is 7.62. The second-order valence-electron chi connectivity index (χ2n) is 6.33. The zero-order chi connectivity index (χ0) is 16.8. The Morgan fingerprint density at radius 2 is 1.87 bits per heavy atom. The van der Waals surface area contributed by atoms with Crippen molar-refractivity contribution in [2.45, 2.75) is 51.6 Å². The van der Waals surface area contributed by atoms with Crippen LogP contribution in [0.3, 0.4) is 0 Å². The van der Waals surface area contributed by atoms with Crippen LogP contribution < -0.4 is 9.47 Å². The fourth-order valence-corrected chi connectivity index (χ4v) is 3.44. The van der Waals surface area contributed by atoms with Crippen molar-refractivity contribution in [3.63, 3.8) is 0 Å². The number of hydrogen-bond acceptors (Lipinski definition) is 4. The van der Waals surface area contributed by atoms with Crippen LogP contribution >= 0.6 is 0 Å². The number of carboxylic acid groups (broad SMARTS) is 1. The molecule has 2 aliphatic heterocycles. The summed E-state index contributed by atoms with van der Waals surface area (Å²) in [7, 11) is 0. The molecule has 0 saturated carbocycles. The number of aliphatic carboxylic acids is 1. The average Bonchev–Trinajstić information content (AvgIpc) is 2.75. The highest BCUT2D eigenvalue weighted by Gasteiger charge is 2.43. The lowest BCUT2D eigenvalue weighted by molar-refractivity contribution is -0.286. The maximum absolute atomic E-state index is 13.1. The summed E-state index contributed by atoms with van der Waals surface area (Å²) in [5, 5.41) is 9.18. The smallest absolute Gasteiger partial charge is 0.481 e. The molecule has 0 radical (unpaired) electrons. The number of benzene rings is 1. The van der Waals surface area contributed by atoms with Gasteiger partial charge in [0, 0.05) is 18.6 Å². The zero-order valence-electron chi connectivity index (χ0n) is 13.0. The third-order valence-electron chi connectivity index (χ3n) is 4.56. The summed E-state index contributed by atoms with van der Waals surface area (Å²) >= 11 is 0. The standard InChI is InChI=1S/C16H19F2NO4/c1-9-5-12(15(20)21)6-10(2)19(9)8-11-3-4-13-14(7-11)23-16(17,18)22-13/h3-4,7,9-10,12H,5-6,8H2,1-2H3,(H,20,21). The molecule has 0 aliphatic carbocycles. The first kappa shape index (κ1) is 16.0. The minimum atomic E-state index is -3.61. The van der Waals surface area contributed by atoms with E-state index in [0.717, 1.165) is 5.56 Å². The number of piperidine rings is 1. The molecule has 1 aromatic rings. The number of ether oxygens (including phenoxy) is 2. The van der Waals surface area contributed by atoms with Gasteiger partial charge >= 0.3 is 12.3 Å². The average molecular weight is 327 g/mol. The molecule has 0 amide bonds. The molecule has 2 atom stereocenters. The summed E-state index contributed by atoms with van der Waals surface area (Å²) in [6.07, 6.45) is -2.44. The van der Waals surface area contributed by atoms with Gasteiger partial charge in [-0.05, 0) is 44.4 Å². The molecular formula is C16H19F2NO4. The van der Waals surface area contributed by atoms with Crippen LogP contribution in [0.1, 0.15) is 32.3 Å². The molecule has 0 spiro atoms. The molecule has 7 heteroatoms. The number of hydrogen-bond donors (Lipinski definition) is 1. The molecule has 3 rings (SSSR count). The Hall–Kier alpha value is -1.89. The summed E-state index contributed by atoms with van der Waals surface area (Å²) in [6.45, 7) is 4.54. The van der Waals surface area contributed by atoms with E-state index < -0.39 is 12.3 Å². The van der Waals surface area contributed by atoms with Crippen molar-refractivity contribution < 1.29 is 28.2 Å². The maximum Gasteiger partial charge on any atom is 0.586 e. The van der Waals surface area contributed by atoms with Gasteiger partial charge in [-0.25, -0.2) is 0 Å². The Morgan fingerprint density at radius 1 is 1.26 bits per heavy atom. The lowest BCUT2D eigenvalue weighted by Crippen LogP contribution is -2.47. The lowest BCUT2D eigenvalue weighted by atomic mass is 9.87. The van der Waals surface area contributed by atoms with Crippen molar-refractivity contribution in [3.8, 4) is 11.5 Å². The predicted molar refractivity (Wildman–Crippen MR) is 77.5 cm³/mol. The van der Waals surface area contributed by atoms with E-state index in [1.54, 1.807) is 12.1 Å². The number of alkyl halides is 2. The van der Waals surface area contributed by atoms with Crippen LogP contribution in [0.4, 0.5) is 8.78 Å². The van der Waals surface area contributed by atoms with E-state index in [9.17, 15) is 18.7 Å². The third kappa shape index (κ3) is 3.24. The second-order valence-corrected chi connectivity index (χ2v) is 6.33. The summed E-state index contributed by atoms with van der Waals surface area (Å²) in [6, 6.07) is 4.97. The Kier molecular flexibility index (Phi) is 3.91. The highest BCUT2D eigenvalue weighted by molar-refractivity contribution is 5.70. The van der Waals surface area contributed by atoms with Crippen LogP contribution in [0.5, 0.6) is 11.5 Å². The van der Waals surface area contributed by atoms with Crippen LogP contribution in [-0.4, -0.2) is 34.4 Å². The van der Waals surface area contributed by atoms with Gasteiger partial charge in [0.05, 0.1) is 5.92 Å². The van der Waals surface area contributed by atoms with Crippen LogP contribution in [0.25, 0.3) is 0 Å². The van der Waals surface area contributed by atoms with Gasteiger partial charge in [-0.3, -0.25) is 9.69 Å². The Morgan fingerprint density at radius 3 is 2.48 bits per heavy atom. The van der Waals surface area contributed by atoms with Crippen molar-refractivity contribution in [1.82, 2.24) is 4.90 Å². The van der Waals surface area contributed by atoms with E-state index in [4.69, 9.17) is 0 Å². The van der Waals surface area contributed by atoms with E-state index in [1.807, 2.05) is 13.8 Å². The van der Waals surface area contributed by atoms with Crippen molar-refractivity contribution in [2.24, 2.45) is 5.92 Å². The highest BCUT2D eigenvalue weighted by Crippen LogP contribution is 2.41. The summed E-state index contributed by atoms with van der Waals surface area (Å²) < 4.78 is 35.0. The van der Waals surface area contributed by atoms with Crippen molar-refractivity contribution in [3.05, 3.63) is 23.8 Å². The molecule has 5 nitrogen and oxygen atoms in total. The Balaban J connectivity index is 1.72. The molecule has 1 aromatic carbocycles. The molecule has 1 fully saturated rings. The lowest BCUT2D eigenvalue weighted by Gasteiger charge is -2.41. The Labute approximate surface area is 132 Å². The van der Waals surface area contributed by atoms with E-state index in [0.29, 0.717) is 19.4 Å². The number of carbonyl (C=O) groups is 1. The predicted octanol–water partition coefficient (Wildman–Crippen LogP) is 3.08. The topological polar surface area (TPSA) is 59.0 Å². The largest absolute Gasteiger partial charge is 0.586 e. The van der Waals surface area contributed by atoms with Crippen molar-refractivity contribution in [2.75, 3.05) is 0 Å². The summed E-state index contributed by atoms with van der Waals surface area (Å²) in [5.41, 5.74) is 0.831. The number of carboxylic acids is 1. The van der Waals surface area contributed by atoms with Gasteiger partial charge in [0.1, 0.15) is 0 Å². The normalized spacial score (nSPS) is 29.5. The molecule has 1 N–H and O–H groups in total. The first-order valence-electron chi connectivity index (χ1n) is 7.62. The van der Waals surface area contributed by atoms with Gasteiger partial charge in [-0.15, -0.1) is 8.78 Å². The van der Waals surface area contributed by atoms with E-state index >= 15 is 0 Å². The fourth-order valence-electron chi connectivity index (χ4n) is 3.44. The molecule has 0 aromatic heterocycles. The monoisotopic (exact) mass is 327 g/mol. The minimum Gasteiger partial charge on any atom is -0.481 e. The zero-order valence-corrected chi connectivity index (χ0v) is 13.0. The molecule has 0 bridgehead atoms. The molecule has 126 valence electrons. The van der Waals surface area contributed by atoms with Gasteiger partial charge < -0.3 is 14.6 Å². The number of nitrogens with zero attached hydrogens (tertiary/aromatic N) is 1. The van der Waals surface area contributed by atoms with Crippen LogP contribution in [-0.2, 0) is 11.3 Å². The maximum atomic E-state index is 13.1. The van der Waals surface area contributed by atoms with Crippen molar-refractivity contribution >= 4 is 5.97 Å². The molecule has 23 heavy (non-hydrogen) atoms. The van der Waals surface area contributed by atoms with Crippen molar-refractivity contribution in [1.29, 1.82) is 0 Å². The van der Waals surface area contributed by atoms with Gasteiger partial charge in [0.15, 0.2) is 11.5 Å². The molecule has 1 saturated heterocycles. The molecule has 2 heterocycles. The van der Waals surface area contributed by atoms with E-state index in [-0.39, 0.29) is 29.5 Å². The van der Waals surface area contributed by atoms with Gasteiger partial charge in [-0.1, -0.05) is 6.07 Å². The first-order chi connectivity index (χ1) is 10.7. The Bertz CT molecular complexity index is 610. The SMILES string of the molecule is CC1CC(C(=O)O)CC(C)N1Cc1ccc2c(c1)OC(F)(F)O2. The summed E-state index contributed by atoms with van der Waals surface area (Å²) in [4.78, 5) is 13.4. The van der Waals surface area contributed by atoms with Crippen LogP contribution in [0, 0.1) is 5.92 Å². The van der Waals surface area contributed by atoms with E-state index in [2.05, 4.69) is 14.4 Å². The third-order valence-corrected chi connectivity index (χ3v) is 4.56. The minimum absolute atomic E-state index is 0.0319. The summed E-state index contributed by atoms with van der Waals surface area (Å²) in [5.74, 6) is -1.02. The van der Waals surface area contributed by atoms with E-state index in [1.165, 1.54) is 6.07 Å². The molecule has 2 aliphatic rings. The number of halogens is 2. The number of fused-ring (bicyclic) bond motifs is 1. The molecule has 2 unspecified atom stereocenters. The fraction of sp³-hybridized carbons (Fsp3) is 0.562. The van der Waals surface area contributed by atoms with Gasteiger partial charge in [-0.2, -0.15) is 0 Å². The van der Waals surface area contributed by atoms with Crippen LogP contribution in [0.2, 0.25) is 0 Å². The second kappa shape index (κ2) is 5.63. The number of likely N-dealkylation sites (tertiary alicyclic amines) is 1.